The molecular weight excluding hydrogens is 226 g/mol. The molecule has 5 heteroatoms. The Balaban J connectivity index is 0.000000492. The Bertz CT molecular complexity index is 489. The zero-order valence-electron chi connectivity index (χ0n) is 11.8. The van der Waals surface area contributed by atoms with Gasteiger partial charge in [0.05, 0.1) is 6.33 Å². The van der Waals surface area contributed by atoms with Gasteiger partial charge in [-0.15, -0.1) is 0 Å². The molecule has 0 aliphatic heterocycles. The van der Waals surface area contributed by atoms with E-state index in [4.69, 9.17) is 5.73 Å². The van der Waals surface area contributed by atoms with Crippen molar-refractivity contribution in [3.8, 4) is 0 Å². The van der Waals surface area contributed by atoms with Gasteiger partial charge in [0.1, 0.15) is 11.3 Å². The van der Waals surface area contributed by atoms with Crippen LogP contribution in [0.3, 0.4) is 0 Å². The number of aromatic nitrogens is 4. The molecule has 0 fully saturated rings. The van der Waals surface area contributed by atoms with Gasteiger partial charge in [-0.1, -0.05) is 27.2 Å². The van der Waals surface area contributed by atoms with Crippen LogP contribution in [0, 0.1) is 0 Å². The SMILES string of the molecule is CCC.CCCc1nc(N)c2ncn(CC)c2n1. The number of fused-ring (bicyclic) bond motifs is 1. The van der Waals surface area contributed by atoms with E-state index in [1.807, 2.05) is 4.57 Å². The van der Waals surface area contributed by atoms with Gasteiger partial charge in [0.2, 0.25) is 0 Å². The molecule has 18 heavy (non-hydrogen) atoms. The summed E-state index contributed by atoms with van der Waals surface area (Å²) in [6.45, 7) is 9.25. The number of hydrogen-bond acceptors (Lipinski definition) is 4. The maximum Gasteiger partial charge on any atom is 0.165 e. The quantitative estimate of drug-likeness (QED) is 0.908. The van der Waals surface area contributed by atoms with Crippen molar-refractivity contribution in [2.45, 2.75) is 53.5 Å². The van der Waals surface area contributed by atoms with Crippen LogP contribution in [-0.2, 0) is 13.0 Å². The average Bonchev–Trinajstić information content (AvgIpc) is 2.74. The first-order valence-electron chi connectivity index (χ1n) is 6.64. The number of anilines is 1. The Morgan fingerprint density at radius 3 is 2.39 bits per heavy atom. The van der Waals surface area contributed by atoms with Gasteiger partial charge < -0.3 is 10.3 Å². The Hall–Kier alpha value is -1.65. The van der Waals surface area contributed by atoms with Crippen LogP contribution in [0.2, 0.25) is 0 Å². The summed E-state index contributed by atoms with van der Waals surface area (Å²) < 4.78 is 1.98. The van der Waals surface area contributed by atoms with Crippen LogP contribution < -0.4 is 5.73 Å². The lowest BCUT2D eigenvalue weighted by molar-refractivity contribution is 0.767. The van der Waals surface area contributed by atoms with E-state index in [0.29, 0.717) is 11.3 Å². The van der Waals surface area contributed by atoms with Gasteiger partial charge in [0.15, 0.2) is 11.5 Å². The van der Waals surface area contributed by atoms with E-state index >= 15 is 0 Å². The normalized spacial score (nSPS) is 10.2. The second kappa shape index (κ2) is 6.93. The summed E-state index contributed by atoms with van der Waals surface area (Å²) in [6.07, 6.45) is 4.88. The molecule has 0 aliphatic carbocycles. The molecule has 2 N–H and O–H groups in total. The third kappa shape index (κ3) is 3.18. The first-order chi connectivity index (χ1) is 8.67. The predicted octanol–water partition coefficient (Wildman–Crippen LogP) is 2.80. The summed E-state index contributed by atoms with van der Waals surface area (Å²) in [5, 5.41) is 0. The molecule has 0 aliphatic rings. The zero-order chi connectivity index (χ0) is 13.5. The number of nitrogens with zero attached hydrogens (tertiary/aromatic N) is 4. The van der Waals surface area contributed by atoms with Crippen molar-refractivity contribution >= 4 is 17.0 Å². The summed E-state index contributed by atoms with van der Waals surface area (Å²) in [5.41, 5.74) is 7.37. The second-order valence-corrected chi connectivity index (χ2v) is 4.18. The molecule has 0 atom stereocenters. The summed E-state index contributed by atoms with van der Waals surface area (Å²) >= 11 is 0. The minimum absolute atomic E-state index is 0.482. The van der Waals surface area contributed by atoms with Crippen molar-refractivity contribution in [3.63, 3.8) is 0 Å². The molecule has 2 aromatic rings. The summed E-state index contributed by atoms with van der Waals surface area (Å²) in [6, 6.07) is 0. The van der Waals surface area contributed by atoms with Crippen LogP contribution in [0.4, 0.5) is 5.82 Å². The third-order valence-corrected chi connectivity index (χ3v) is 2.35. The number of aryl methyl sites for hydroxylation is 2. The van der Waals surface area contributed by atoms with E-state index in [1.54, 1.807) is 6.33 Å². The number of hydrogen-bond donors (Lipinski definition) is 1. The highest BCUT2D eigenvalue weighted by atomic mass is 15.1. The molecule has 0 unspecified atom stereocenters. The molecule has 0 bridgehead atoms. The van der Waals surface area contributed by atoms with Gasteiger partial charge in [-0.25, -0.2) is 15.0 Å². The summed E-state index contributed by atoms with van der Waals surface area (Å²) in [4.78, 5) is 12.9. The van der Waals surface area contributed by atoms with Crippen LogP contribution in [0.15, 0.2) is 6.33 Å². The highest BCUT2D eigenvalue weighted by Crippen LogP contribution is 2.16. The topological polar surface area (TPSA) is 69.6 Å². The monoisotopic (exact) mass is 249 g/mol. The van der Waals surface area contributed by atoms with Crippen molar-refractivity contribution in [2.75, 3.05) is 5.73 Å². The average molecular weight is 249 g/mol. The van der Waals surface area contributed by atoms with E-state index in [-0.39, 0.29) is 0 Å². The molecule has 2 rings (SSSR count). The summed E-state index contributed by atoms with van der Waals surface area (Å²) in [5.74, 6) is 1.29. The van der Waals surface area contributed by atoms with Crippen LogP contribution in [0.1, 0.15) is 46.4 Å². The number of rotatable bonds is 3. The Kier molecular flexibility index (Phi) is 5.55. The van der Waals surface area contributed by atoms with Gasteiger partial charge >= 0.3 is 0 Å². The van der Waals surface area contributed by atoms with E-state index in [1.165, 1.54) is 6.42 Å². The third-order valence-electron chi connectivity index (χ3n) is 2.35. The van der Waals surface area contributed by atoms with Gasteiger partial charge in [-0.2, -0.15) is 0 Å². The van der Waals surface area contributed by atoms with Gasteiger partial charge in [0, 0.05) is 13.0 Å². The molecule has 2 aromatic heterocycles. The smallest absolute Gasteiger partial charge is 0.165 e. The zero-order valence-corrected chi connectivity index (χ0v) is 11.8. The largest absolute Gasteiger partial charge is 0.382 e. The minimum Gasteiger partial charge on any atom is -0.382 e. The Labute approximate surface area is 108 Å². The van der Waals surface area contributed by atoms with Gasteiger partial charge in [-0.3, -0.25) is 0 Å². The van der Waals surface area contributed by atoms with Gasteiger partial charge in [0.25, 0.3) is 0 Å². The number of imidazole rings is 1. The number of nitrogens with two attached hydrogens (primary N) is 1. The molecular formula is C13H23N5. The summed E-state index contributed by atoms with van der Waals surface area (Å²) in [7, 11) is 0. The van der Waals surface area contributed by atoms with E-state index in [0.717, 1.165) is 30.9 Å². The number of nitrogen functional groups attached to an aromatic ring is 1. The highest BCUT2D eigenvalue weighted by Gasteiger charge is 2.09. The fraction of sp³-hybridized carbons (Fsp3) is 0.615. The van der Waals surface area contributed by atoms with Gasteiger partial charge in [-0.05, 0) is 13.3 Å². The Morgan fingerprint density at radius 2 is 1.83 bits per heavy atom. The minimum atomic E-state index is 0.482. The van der Waals surface area contributed by atoms with E-state index in [2.05, 4.69) is 42.6 Å². The van der Waals surface area contributed by atoms with Crippen molar-refractivity contribution in [3.05, 3.63) is 12.2 Å². The van der Waals surface area contributed by atoms with Crippen LogP contribution >= 0.6 is 0 Å². The first kappa shape index (κ1) is 14.4. The van der Waals surface area contributed by atoms with Crippen LogP contribution in [0.5, 0.6) is 0 Å². The maximum atomic E-state index is 5.83. The molecule has 0 spiro atoms. The fourth-order valence-electron chi connectivity index (χ4n) is 1.58. The molecule has 5 nitrogen and oxygen atoms in total. The lowest BCUT2D eigenvalue weighted by atomic mass is 10.3. The highest BCUT2D eigenvalue weighted by molar-refractivity contribution is 5.81. The van der Waals surface area contributed by atoms with Crippen molar-refractivity contribution in [1.82, 2.24) is 19.5 Å². The molecule has 0 saturated heterocycles. The van der Waals surface area contributed by atoms with Crippen molar-refractivity contribution in [2.24, 2.45) is 0 Å². The lowest BCUT2D eigenvalue weighted by Gasteiger charge is -2.02. The first-order valence-corrected chi connectivity index (χ1v) is 6.64. The lowest BCUT2D eigenvalue weighted by Crippen LogP contribution is -2.03. The maximum absolute atomic E-state index is 5.83. The Morgan fingerprint density at radius 1 is 1.17 bits per heavy atom. The van der Waals surface area contributed by atoms with Crippen molar-refractivity contribution < 1.29 is 0 Å². The fourth-order valence-corrected chi connectivity index (χ4v) is 1.58. The molecule has 0 saturated carbocycles. The molecule has 2 heterocycles. The van der Waals surface area contributed by atoms with Crippen molar-refractivity contribution in [1.29, 1.82) is 0 Å². The second-order valence-electron chi connectivity index (χ2n) is 4.18. The predicted molar refractivity (Wildman–Crippen MR) is 75.4 cm³/mol. The standard InChI is InChI=1S/C10H15N5.C3H8/c1-3-5-7-13-9(11)8-10(14-7)15(4-2)6-12-8;1-3-2/h6H,3-5H2,1-2H3,(H2,11,13,14);3H2,1-2H3. The molecule has 0 aromatic carbocycles. The molecule has 0 amide bonds. The van der Waals surface area contributed by atoms with E-state index in [9.17, 15) is 0 Å². The van der Waals surface area contributed by atoms with E-state index < -0.39 is 0 Å². The van der Waals surface area contributed by atoms with Crippen LogP contribution in [0.25, 0.3) is 11.2 Å². The molecule has 0 radical (unpaired) electrons. The molecule has 100 valence electrons. The van der Waals surface area contributed by atoms with Crippen LogP contribution in [-0.4, -0.2) is 19.5 Å².